The molecule has 1 aromatic heterocycles. The Morgan fingerprint density at radius 1 is 1.36 bits per heavy atom. The number of nitrogens with zero attached hydrogens (tertiary/aromatic N) is 2. The van der Waals surface area contributed by atoms with Crippen molar-refractivity contribution in [3.05, 3.63) is 30.1 Å². The summed E-state index contributed by atoms with van der Waals surface area (Å²) >= 11 is 1.50. The van der Waals surface area contributed by atoms with Crippen molar-refractivity contribution in [3.8, 4) is 0 Å². The molecule has 0 aliphatic heterocycles. The first-order chi connectivity index (χ1) is 10.5. The number of ether oxygens (including phenoxy) is 1. The Labute approximate surface area is 136 Å². The third kappa shape index (κ3) is 7.45. The highest BCUT2D eigenvalue weighted by atomic mass is 32.2. The minimum Gasteiger partial charge on any atom is -0.465 e. The lowest BCUT2D eigenvalue weighted by Gasteiger charge is -2.23. The number of thioether (sulfide) groups is 1. The van der Waals surface area contributed by atoms with E-state index in [0.29, 0.717) is 30.6 Å². The summed E-state index contributed by atoms with van der Waals surface area (Å²) in [5.74, 6) is 0.928. The number of hydrogen-bond donors (Lipinski definition) is 0. The standard InChI is InChI=1S/C16H24N2O3S/c1-4-21-16(20)10-18(9-13(2)3)15(19)12-22-11-14-7-5-6-8-17-14/h5-8,13H,4,9-12H2,1-3H3. The topological polar surface area (TPSA) is 59.5 Å². The van der Waals surface area contributed by atoms with Crippen LogP contribution in [0.1, 0.15) is 26.5 Å². The van der Waals surface area contributed by atoms with Gasteiger partial charge in [-0.25, -0.2) is 0 Å². The van der Waals surface area contributed by atoms with E-state index in [-0.39, 0.29) is 18.4 Å². The molecule has 0 fully saturated rings. The molecule has 22 heavy (non-hydrogen) atoms. The van der Waals surface area contributed by atoms with Crippen LogP contribution in [0.2, 0.25) is 0 Å². The minimum absolute atomic E-state index is 0.0228. The molecule has 0 saturated carbocycles. The molecule has 0 atom stereocenters. The summed E-state index contributed by atoms with van der Waals surface area (Å²) in [5.41, 5.74) is 0.945. The summed E-state index contributed by atoms with van der Waals surface area (Å²) in [5, 5.41) is 0. The largest absolute Gasteiger partial charge is 0.465 e. The van der Waals surface area contributed by atoms with Crippen LogP contribution in [-0.4, -0.2) is 47.2 Å². The molecule has 1 rings (SSSR count). The fraction of sp³-hybridized carbons (Fsp3) is 0.562. The SMILES string of the molecule is CCOC(=O)CN(CC(C)C)C(=O)CSCc1ccccn1. The van der Waals surface area contributed by atoms with Crippen LogP contribution in [0.4, 0.5) is 0 Å². The Hall–Kier alpha value is -1.56. The summed E-state index contributed by atoms with van der Waals surface area (Å²) in [6, 6.07) is 5.72. The van der Waals surface area contributed by atoms with E-state index in [9.17, 15) is 9.59 Å². The van der Waals surface area contributed by atoms with Crippen molar-refractivity contribution in [2.24, 2.45) is 5.92 Å². The number of rotatable bonds is 9. The Kier molecular flexibility index (Phi) is 8.58. The Morgan fingerprint density at radius 2 is 2.14 bits per heavy atom. The average Bonchev–Trinajstić information content (AvgIpc) is 2.47. The quantitative estimate of drug-likeness (QED) is 0.653. The maximum Gasteiger partial charge on any atom is 0.325 e. The predicted molar refractivity (Wildman–Crippen MR) is 88.5 cm³/mol. The van der Waals surface area contributed by atoms with Crippen LogP contribution >= 0.6 is 11.8 Å². The molecule has 6 heteroatoms. The van der Waals surface area contributed by atoms with Crippen LogP contribution < -0.4 is 0 Å². The molecule has 0 unspecified atom stereocenters. The van der Waals surface area contributed by atoms with Gasteiger partial charge in [0, 0.05) is 18.5 Å². The number of carbonyl (C=O) groups excluding carboxylic acids is 2. The second-order valence-corrected chi connectivity index (χ2v) is 6.27. The smallest absolute Gasteiger partial charge is 0.325 e. The van der Waals surface area contributed by atoms with Crippen molar-refractivity contribution in [3.63, 3.8) is 0 Å². The van der Waals surface area contributed by atoms with E-state index < -0.39 is 0 Å². The van der Waals surface area contributed by atoms with Crippen molar-refractivity contribution in [1.82, 2.24) is 9.88 Å². The fourth-order valence-corrected chi connectivity index (χ4v) is 2.71. The summed E-state index contributed by atoms with van der Waals surface area (Å²) in [4.78, 5) is 29.7. The lowest BCUT2D eigenvalue weighted by molar-refractivity contribution is -0.148. The fourth-order valence-electron chi connectivity index (χ4n) is 1.88. The Morgan fingerprint density at radius 3 is 2.73 bits per heavy atom. The van der Waals surface area contributed by atoms with Crippen molar-refractivity contribution >= 4 is 23.6 Å². The molecule has 0 aliphatic carbocycles. The van der Waals surface area contributed by atoms with Gasteiger partial charge in [0.15, 0.2) is 0 Å². The van der Waals surface area contributed by atoms with Gasteiger partial charge in [-0.3, -0.25) is 14.6 Å². The van der Waals surface area contributed by atoms with Gasteiger partial charge in [-0.15, -0.1) is 11.8 Å². The van der Waals surface area contributed by atoms with Crippen LogP contribution in [0.3, 0.4) is 0 Å². The van der Waals surface area contributed by atoms with Crippen molar-refractivity contribution < 1.29 is 14.3 Å². The molecule has 0 aliphatic rings. The molecular weight excluding hydrogens is 300 g/mol. The lowest BCUT2D eigenvalue weighted by Crippen LogP contribution is -2.40. The highest BCUT2D eigenvalue weighted by molar-refractivity contribution is 7.99. The van der Waals surface area contributed by atoms with Crippen molar-refractivity contribution in [2.75, 3.05) is 25.4 Å². The lowest BCUT2D eigenvalue weighted by atomic mass is 10.2. The summed E-state index contributed by atoms with van der Waals surface area (Å²) < 4.78 is 4.93. The zero-order valence-corrected chi connectivity index (χ0v) is 14.3. The molecular formula is C16H24N2O3S. The number of pyridine rings is 1. The van der Waals surface area contributed by atoms with Gasteiger partial charge in [0.25, 0.3) is 0 Å². The number of hydrogen-bond acceptors (Lipinski definition) is 5. The van der Waals surface area contributed by atoms with Gasteiger partial charge in [-0.05, 0) is 25.0 Å². The first kappa shape index (κ1) is 18.5. The molecule has 122 valence electrons. The number of amides is 1. The van der Waals surface area contributed by atoms with E-state index in [1.165, 1.54) is 11.8 Å². The van der Waals surface area contributed by atoms with Gasteiger partial charge in [0.2, 0.25) is 5.91 Å². The Balaban J connectivity index is 2.46. The molecule has 0 spiro atoms. The van der Waals surface area contributed by atoms with Crippen molar-refractivity contribution in [2.45, 2.75) is 26.5 Å². The van der Waals surface area contributed by atoms with Crippen LogP contribution in [0.25, 0.3) is 0 Å². The first-order valence-electron chi connectivity index (χ1n) is 7.44. The molecule has 0 N–H and O–H groups in total. The van der Waals surface area contributed by atoms with Crippen molar-refractivity contribution in [1.29, 1.82) is 0 Å². The van der Waals surface area contributed by atoms with E-state index >= 15 is 0 Å². The highest BCUT2D eigenvalue weighted by Crippen LogP contribution is 2.11. The molecule has 5 nitrogen and oxygen atoms in total. The van der Waals surface area contributed by atoms with Gasteiger partial charge in [-0.2, -0.15) is 0 Å². The third-order valence-electron chi connectivity index (χ3n) is 2.77. The average molecular weight is 324 g/mol. The Bertz CT molecular complexity index is 466. The zero-order chi connectivity index (χ0) is 16.4. The van der Waals surface area contributed by atoms with Crippen LogP contribution in [-0.2, 0) is 20.1 Å². The van der Waals surface area contributed by atoms with Gasteiger partial charge in [-0.1, -0.05) is 19.9 Å². The molecule has 1 amide bonds. The monoisotopic (exact) mass is 324 g/mol. The third-order valence-corrected chi connectivity index (χ3v) is 3.72. The molecule has 1 aromatic rings. The predicted octanol–water partition coefficient (Wildman–Crippen LogP) is 2.36. The van der Waals surface area contributed by atoms with Gasteiger partial charge in [0.05, 0.1) is 18.1 Å². The van der Waals surface area contributed by atoms with Crippen LogP contribution in [0.5, 0.6) is 0 Å². The summed E-state index contributed by atoms with van der Waals surface area (Å²) in [7, 11) is 0. The molecule has 1 heterocycles. The van der Waals surface area contributed by atoms with Gasteiger partial charge >= 0.3 is 5.97 Å². The van der Waals surface area contributed by atoms with Gasteiger partial charge in [0.1, 0.15) is 6.54 Å². The summed E-state index contributed by atoms with van der Waals surface area (Å²) in [6.07, 6.45) is 1.74. The molecule has 0 aromatic carbocycles. The maximum atomic E-state index is 12.3. The van der Waals surface area contributed by atoms with Crippen LogP contribution in [0, 0.1) is 5.92 Å². The number of carbonyl (C=O) groups is 2. The van der Waals surface area contributed by atoms with E-state index in [0.717, 1.165) is 5.69 Å². The van der Waals surface area contributed by atoms with E-state index in [4.69, 9.17) is 4.74 Å². The minimum atomic E-state index is -0.355. The first-order valence-corrected chi connectivity index (χ1v) is 8.59. The zero-order valence-electron chi connectivity index (χ0n) is 13.4. The molecule has 0 bridgehead atoms. The number of esters is 1. The second-order valence-electron chi connectivity index (χ2n) is 5.29. The normalized spacial score (nSPS) is 10.5. The molecule has 0 radical (unpaired) electrons. The maximum absolute atomic E-state index is 12.3. The van der Waals surface area contributed by atoms with Crippen LogP contribution in [0.15, 0.2) is 24.4 Å². The van der Waals surface area contributed by atoms with E-state index in [1.54, 1.807) is 18.0 Å². The molecule has 0 saturated heterocycles. The van der Waals surface area contributed by atoms with E-state index in [2.05, 4.69) is 4.98 Å². The van der Waals surface area contributed by atoms with E-state index in [1.807, 2.05) is 32.0 Å². The summed E-state index contributed by atoms with van der Waals surface area (Å²) in [6.45, 7) is 6.71. The highest BCUT2D eigenvalue weighted by Gasteiger charge is 2.18. The number of aromatic nitrogens is 1. The van der Waals surface area contributed by atoms with Gasteiger partial charge < -0.3 is 9.64 Å². The second kappa shape index (κ2) is 10.2.